The second kappa shape index (κ2) is 5.13. The van der Waals surface area contributed by atoms with Crippen LogP contribution in [-0.4, -0.2) is 26.1 Å². The number of hydrogen-bond donors (Lipinski definition) is 2. The molecule has 0 radical (unpaired) electrons. The van der Waals surface area contributed by atoms with E-state index in [2.05, 4.69) is 31.8 Å². The highest BCUT2D eigenvalue weighted by atomic mass is 32.2. The number of anilines is 1. The molecule has 15 heavy (non-hydrogen) atoms. The lowest BCUT2D eigenvalue weighted by molar-refractivity contribution is 1.04. The molecule has 2 aromatic rings. The number of thioether (sulfide) groups is 1. The van der Waals surface area contributed by atoms with Crippen LogP contribution < -0.4 is 5.32 Å². The first-order chi connectivity index (χ1) is 7.40. The van der Waals surface area contributed by atoms with Crippen LogP contribution >= 0.6 is 23.3 Å². The summed E-state index contributed by atoms with van der Waals surface area (Å²) in [6.45, 7) is 2.95. The second-order valence-corrected chi connectivity index (χ2v) is 4.48. The first-order valence-electron chi connectivity index (χ1n) is 4.57. The van der Waals surface area contributed by atoms with Gasteiger partial charge in [0, 0.05) is 36.2 Å². The van der Waals surface area contributed by atoms with Gasteiger partial charge in [-0.15, -0.1) is 5.10 Å². The van der Waals surface area contributed by atoms with E-state index in [4.69, 9.17) is 0 Å². The van der Waals surface area contributed by atoms with Crippen LogP contribution in [0.5, 0.6) is 0 Å². The zero-order chi connectivity index (χ0) is 10.5. The smallest absolute Gasteiger partial charge is 0.165 e. The van der Waals surface area contributed by atoms with Crippen LogP contribution in [0.15, 0.2) is 17.6 Å². The number of aromatic amines is 1. The molecule has 0 aliphatic heterocycles. The molecule has 2 heterocycles. The molecule has 0 amide bonds. The Bertz CT molecular complexity index is 397. The molecule has 80 valence electrons. The summed E-state index contributed by atoms with van der Waals surface area (Å²) in [6.07, 6.45) is 3.56. The minimum absolute atomic E-state index is 0.784. The average Bonchev–Trinajstić information content (AvgIpc) is 2.85. The molecule has 0 fully saturated rings. The van der Waals surface area contributed by atoms with Gasteiger partial charge in [-0.1, -0.05) is 16.3 Å². The fourth-order valence-corrected chi connectivity index (χ4v) is 2.57. The molecule has 2 rings (SSSR count). The van der Waals surface area contributed by atoms with Gasteiger partial charge in [-0.3, -0.25) is 0 Å². The van der Waals surface area contributed by atoms with Gasteiger partial charge < -0.3 is 10.3 Å². The van der Waals surface area contributed by atoms with Gasteiger partial charge in [-0.2, -0.15) is 0 Å². The normalized spacial score (nSPS) is 10.5. The summed E-state index contributed by atoms with van der Waals surface area (Å²) in [6, 6.07) is 0. The highest BCUT2D eigenvalue weighted by Gasteiger charge is 2.07. The van der Waals surface area contributed by atoms with Crippen molar-refractivity contribution in [3.05, 3.63) is 18.1 Å². The number of imidazole rings is 1. The van der Waals surface area contributed by atoms with Gasteiger partial charge in [-0.05, 0) is 6.92 Å². The van der Waals surface area contributed by atoms with Crippen molar-refractivity contribution in [1.82, 2.24) is 19.6 Å². The van der Waals surface area contributed by atoms with Gasteiger partial charge in [0.25, 0.3) is 0 Å². The van der Waals surface area contributed by atoms with E-state index < -0.39 is 0 Å². The van der Waals surface area contributed by atoms with Gasteiger partial charge in [0.1, 0.15) is 10.7 Å². The van der Waals surface area contributed by atoms with Crippen LogP contribution in [0.1, 0.15) is 12.6 Å². The predicted molar refractivity (Wildman–Crippen MR) is 62.2 cm³/mol. The molecular formula is C8H11N5S2. The number of hydrogen-bond acceptors (Lipinski definition) is 6. The summed E-state index contributed by atoms with van der Waals surface area (Å²) in [4.78, 5) is 7.17. The van der Waals surface area contributed by atoms with Crippen molar-refractivity contribution in [2.24, 2.45) is 0 Å². The molecule has 7 heteroatoms. The van der Waals surface area contributed by atoms with Crippen LogP contribution in [0, 0.1) is 0 Å². The SMILES string of the molecule is CCNc1snnc1CSc1ncc[nH]1. The highest BCUT2D eigenvalue weighted by molar-refractivity contribution is 7.98. The number of H-pyrrole nitrogens is 1. The molecule has 0 spiro atoms. The lowest BCUT2D eigenvalue weighted by Crippen LogP contribution is -1.97. The van der Waals surface area contributed by atoms with E-state index in [1.54, 1.807) is 18.0 Å². The molecule has 5 nitrogen and oxygen atoms in total. The van der Waals surface area contributed by atoms with Gasteiger partial charge in [-0.25, -0.2) is 4.98 Å². The maximum Gasteiger partial charge on any atom is 0.165 e. The summed E-state index contributed by atoms with van der Waals surface area (Å²) in [7, 11) is 0. The Hall–Kier alpha value is -1.08. The van der Waals surface area contributed by atoms with Crippen LogP contribution in [0.3, 0.4) is 0 Å². The number of nitrogens with zero attached hydrogens (tertiary/aromatic N) is 3. The minimum Gasteiger partial charge on any atom is -0.374 e. The minimum atomic E-state index is 0.784. The predicted octanol–water partition coefficient (Wildman–Crippen LogP) is 1.99. The summed E-state index contributed by atoms with van der Waals surface area (Å²) in [5.74, 6) is 0.784. The number of nitrogens with one attached hydrogen (secondary N) is 2. The molecule has 0 saturated heterocycles. The van der Waals surface area contributed by atoms with Crippen molar-refractivity contribution < 1.29 is 0 Å². The van der Waals surface area contributed by atoms with Crippen LogP contribution in [0.25, 0.3) is 0 Å². The van der Waals surface area contributed by atoms with Crippen molar-refractivity contribution in [2.45, 2.75) is 17.8 Å². The van der Waals surface area contributed by atoms with E-state index in [1.807, 2.05) is 6.20 Å². The molecule has 0 bridgehead atoms. The third-order valence-electron chi connectivity index (χ3n) is 1.71. The Morgan fingerprint density at radius 1 is 1.60 bits per heavy atom. The molecule has 0 aliphatic carbocycles. The Morgan fingerprint density at radius 3 is 3.27 bits per heavy atom. The molecule has 0 saturated carbocycles. The maximum atomic E-state index is 4.13. The average molecular weight is 241 g/mol. The van der Waals surface area contributed by atoms with Crippen LogP contribution in [0.4, 0.5) is 5.00 Å². The molecule has 0 aromatic carbocycles. The van der Waals surface area contributed by atoms with Crippen LogP contribution in [0.2, 0.25) is 0 Å². The van der Waals surface area contributed by atoms with Gasteiger partial charge >= 0.3 is 0 Å². The summed E-state index contributed by atoms with van der Waals surface area (Å²) >= 11 is 3.02. The lowest BCUT2D eigenvalue weighted by atomic mass is 10.5. The third kappa shape index (κ3) is 2.69. The van der Waals surface area contributed by atoms with Crippen molar-refractivity contribution >= 4 is 28.3 Å². The molecule has 2 aromatic heterocycles. The zero-order valence-corrected chi connectivity index (χ0v) is 9.86. The fraction of sp³-hybridized carbons (Fsp3) is 0.375. The molecular weight excluding hydrogens is 230 g/mol. The standard InChI is InChI=1S/C8H11N5S2/c1-2-9-7-6(12-13-15-7)5-14-8-10-3-4-11-8/h3-4,9H,2,5H2,1H3,(H,10,11). The fourth-order valence-electron chi connectivity index (χ4n) is 1.06. The first kappa shape index (κ1) is 10.4. The van der Waals surface area contributed by atoms with E-state index in [0.29, 0.717) is 0 Å². The Morgan fingerprint density at radius 2 is 2.53 bits per heavy atom. The Balaban J connectivity index is 1.95. The largest absolute Gasteiger partial charge is 0.374 e. The summed E-state index contributed by atoms with van der Waals surface area (Å²) in [5, 5.41) is 9.27. The summed E-state index contributed by atoms with van der Waals surface area (Å²) in [5.41, 5.74) is 0.989. The Labute approximate surface area is 95.9 Å². The number of aromatic nitrogens is 4. The lowest BCUT2D eigenvalue weighted by Gasteiger charge is -2.00. The quantitative estimate of drug-likeness (QED) is 0.784. The van der Waals surface area contributed by atoms with Crippen LogP contribution in [-0.2, 0) is 5.75 Å². The maximum absolute atomic E-state index is 4.13. The van der Waals surface area contributed by atoms with E-state index >= 15 is 0 Å². The van der Waals surface area contributed by atoms with Gasteiger partial charge in [0.05, 0.1) is 0 Å². The number of rotatable bonds is 5. The van der Waals surface area contributed by atoms with Gasteiger partial charge in [0.2, 0.25) is 0 Å². The van der Waals surface area contributed by atoms with E-state index in [9.17, 15) is 0 Å². The van der Waals surface area contributed by atoms with Crippen molar-refractivity contribution in [2.75, 3.05) is 11.9 Å². The van der Waals surface area contributed by atoms with Crippen molar-refractivity contribution in [1.29, 1.82) is 0 Å². The third-order valence-corrected chi connectivity index (χ3v) is 3.35. The highest BCUT2D eigenvalue weighted by Crippen LogP contribution is 2.24. The second-order valence-electron chi connectivity index (χ2n) is 2.76. The van der Waals surface area contributed by atoms with Crippen molar-refractivity contribution in [3.8, 4) is 0 Å². The Kier molecular flexibility index (Phi) is 3.57. The van der Waals surface area contributed by atoms with E-state index in [0.717, 1.165) is 28.1 Å². The van der Waals surface area contributed by atoms with E-state index in [1.165, 1.54) is 11.5 Å². The van der Waals surface area contributed by atoms with Crippen molar-refractivity contribution in [3.63, 3.8) is 0 Å². The van der Waals surface area contributed by atoms with E-state index in [-0.39, 0.29) is 0 Å². The van der Waals surface area contributed by atoms with Gasteiger partial charge in [0.15, 0.2) is 5.16 Å². The molecule has 0 unspecified atom stereocenters. The first-order valence-corrected chi connectivity index (χ1v) is 6.33. The topological polar surface area (TPSA) is 66.5 Å². The monoisotopic (exact) mass is 241 g/mol. The molecule has 0 aliphatic rings. The summed E-state index contributed by atoms with van der Waals surface area (Å²) < 4.78 is 3.93. The molecule has 2 N–H and O–H groups in total. The molecule has 0 atom stereocenters. The zero-order valence-electron chi connectivity index (χ0n) is 8.23.